The molecule has 1 radical (unpaired) electrons. The summed E-state index contributed by atoms with van der Waals surface area (Å²) in [5, 5.41) is 9.37. The van der Waals surface area contributed by atoms with Gasteiger partial charge >= 0.3 is 6.16 Å². The molecule has 0 aromatic carbocycles. The van der Waals surface area contributed by atoms with E-state index >= 15 is 0 Å². The van der Waals surface area contributed by atoms with Crippen LogP contribution in [0.4, 0.5) is 4.79 Å². The summed E-state index contributed by atoms with van der Waals surface area (Å²) < 4.78 is 3.86. The molecule has 7 heavy (non-hydrogen) atoms. The number of hydrogen-bond donors (Lipinski definition) is 0. The van der Waals surface area contributed by atoms with Gasteiger partial charge in [0.1, 0.15) is 6.61 Å². The second-order valence-corrected chi connectivity index (χ2v) is 1.17. The smallest absolute Gasteiger partial charge is 0.431 e. The molecule has 0 amide bonds. The number of ether oxygens (including phenoxy) is 1. The first-order valence-electron chi connectivity index (χ1n) is 1.67. The van der Waals surface area contributed by atoms with E-state index in [1.807, 2.05) is 0 Å². The molecule has 0 N–H and O–H groups in total. The third-order valence-electron chi connectivity index (χ3n) is 0.297. The zero-order valence-electron chi connectivity index (χ0n) is 3.52. The van der Waals surface area contributed by atoms with E-state index in [1.165, 1.54) is 0 Å². The second-order valence-electron chi connectivity index (χ2n) is 0.787. The molecule has 0 heterocycles. The fraction of sp³-hybridized carbons (Fsp3) is 0.667. The van der Waals surface area contributed by atoms with Gasteiger partial charge in [0.25, 0.3) is 0 Å². The van der Waals surface area contributed by atoms with Gasteiger partial charge in [-0.15, -0.1) is 11.6 Å². The minimum atomic E-state index is -1.53. The van der Waals surface area contributed by atoms with E-state index in [9.17, 15) is 9.90 Å². The summed E-state index contributed by atoms with van der Waals surface area (Å²) >= 11 is 5.03. The van der Waals surface area contributed by atoms with Gasteiger partial charge in [0.15, 0.2) is 0 Å². The number of halogens is 1. The molecule has 0 aromatic heterocycles. The highest BCUT2D eigenvalue weighted by Crippen LogP contribution is 1.78. The van der Waals surface area contributed by atoms with Crippen molar-refractivity contribution in [3.63, 3.8) is 0 Å². The zero-order chi connectivity index (χ0) is 5.70. The van der Waals surface area contributed by atoms with Crippen molar-refractivity contribution in [2.45, 2.75) is 0 Å². The maximum absolute atomic E-state index is 9.37. The number of hydrogen-bond acceptors (Lipinski definition) is 2. The van der Waals surface area contributed by atoms with Gasteiger partial charge in [0.05, 0.1) is 5.88 Å². The van der Waals surface area contributed by atoms with Gasteiger partial charge in [-0.2, -0.15) is 9.90 Å². The van der Waals surface area contributed by atoms with E-state index in [2.05, 4.69) is 4.74 Å². The molecule has 3 nitrogen and oxygen atoms in total. The Hall–Kier alpha value is -0.440. The SMILES string of the molecule is [O]C(=O)OCCCl. The van der Waals surface area contributed by atoms with Gasteiger partial charge in [0.2, 0.25) is 0 Å². The highest BCUT2D eigenvalue weighted by molar-refractivity contribution is 6.18. The van der Waals surface area contributed by atoms with Crippen LogP contribution in [0.5, 0.6) is 0 Å². The standard InChI is InChI=1S/C3H4ClO3/c4-1-2-7-3(5)6/h1-2H2. The van der Waals surface area contributed by atoms with E-state index < -0.39 is 6.16 Å². The van der Waals surface area contributed by atoms with Crippen LogP contribution in [0.2, 0.25) is 0 Å². The Morgan fingerprint density at radius 1 is 1.71 bits per heavy atom. The average molecular weight is 124 g/mol. The first-order valence-corrected chi connectivity index (χ1v) is 2.20. The van der Waals surface area contributed by atoms with E-state index in [4.69, 9.17) is 11.6 Å². The van der Waals surface area contributed by atoms with Crippen LogP contribution in [0.15, 0.2) is 0 Å². The molecule has 41 valence electrons. The molecule has 4 heteroatoms. The molecular formula is C3H4ClO3. The van der Waals surface area contributed by atoms with E-state index in [0.29, 0.717) is 0 Å². The molecule has 0 unspecified atom stereocenters. The van der Waals surface area contributed by atoms with E-state index in [0.717, 1.165) is 0 Å². The maximum atomic E-state index is 9.37. The van der Waals surface area contributed by atoms with Gasteiger partial charge in [-0.3, -0.25) is 0 Å². The van der Waals surface area contributed by atoms with Crippen LogP contribution in [0.25, 0.3) is 0 Å². The summed E-state index contributed by atoms with van der Waals surface area (Å²) in [6.45, 7) is 0.00386. The molecule has 0 rings (SSSR count). The maximum Gasteiger partial charge on any atom is 0.550 e. The lowest BCUT2D eigenvalue weighted by Gasteiger charge is -1.88. The van der Waals surface area contributed by atoms with Crippen LogP contribution in [-0.2, 0) is 9.84 Å². The highest BCUT2D eigenvalue weighted by Gasteiger charge is 1.94. The number of rotatable bonds is 2. The van der Waals surface area contributed by atoms with Crippen molar-refractivity contribution in [3.8, 4) is 0 Å². The van der Waals surface area contributed by atoms with Gasteiger partial charge in [-0.05, 0) is 0 Å². The Morgan fingerprint density at radius 2 is 2.29 bits per heavy atom. The molecular weight excluding hydrogens is 119 g/mol. The van der Waals surface area contributed by atoms with Crippen molar-refractivity contribution in [1.82, 2.24) is 0 Å². The van der Waals surface area contributed by atoms with Crippen molar-refractivity contribution in [2.75, 3.05) is 12.5 Å². The van der Waals surface area contributed by atoms with Crippen molar-refractivity contribution < 1.29 is 14.6 Å². The zero-order valence-corrected chi connectivity index (χ0v) is 4.27. The van der Waals surface area contributed by atoms with Gasteiger partial charge in [0, 0.05) is 0 Å². The van der Waals surface area contributed by atoms with Crippen molar-refractivity contribution in [2.24, 2.45) is 0 Å². The lowest BCUT2D eigenvalue weighted by molar-refractivity contribution is 0.0728. The molecule has 0 spiro atoms. The second kappa shape index (κ2) is 3.74. The largest absolute Gasteiger partial charge is 0.550 e. The van der Waals surface area contributed by atoms with Crippen molar-refractivity contribution >= 4 is 17.8 Å². The van der Waals surface area contributed by atoms with Crippen LogP contribution in [0, 0.1) is 0 Å². The fourth-order valence-corrected chi connectivity index (χ4v) is 0.199. The first kappa shape index (κ1) is 6.56. The summed E-state index contributed by atoms with van der Waals surface area (Å²) in [6, 6.07) is 0. The number of alkyl halides is 1. The van der Waals surface area contributed by atoms with Gasteiger partial charge in [-0.25, -0.2) is 0 Å². The topological polar surface area (TPSA) is 46.2 Å². The van der Waals surface area contributed by atoms with Crippen molar-refractivity contribution in [3.05, 3.63) is 0 Å². The average Bonchev–Trinajstić information content (AvgIpc) is 1.61. The summed E-state index contributed by atoms with van der Waals surface area (Å²) in [6.07, 6.45) is -1.53. The molecule has 0 atom stereocenters. The summed E-state index contributed by atoms with van der Waals surface area (Å²) in [4.78, 5) is 9.37. The van der Waals surface area contributed by atoms with E-state index in [1.54, 1.807) is 0 Å². The normalized spacial score (nSPS) is 8.14. The predicted octanol–water partition coefficient (Wildman–Crippen LogP) is 0.792. The summed E-state index contributed by atoms with van der Waals surface area (Å²) in [5.74, 6) is 0.175. The Labute approximate surface area is 45.8 Å². The summed E-state index contributed by atoms with van der Waals surface area (Å²) in [5.41, 5.74) is 0. The van der Waals surface area contributed by atoms with Crippen molar-refractivity contribution in [1.29, 1.82) is 0 Å². The Bertz CT molecular complexity index is 63.2. The van der Waals surface area contributed by atoms with Crippen LogP contribution < -0.4 is 0 Å². The van der Waals surface area contributed by atoms with Gasteiger partial charge in [-0.1, -0.05) is 0 Å². The number of carbonyl (C=O) groups is 1. The molecule has 0 aliphatic rings. The van der Waals surface area contributed by atoms with Crippen LogP contribution >= 0.6 is 11.6 Å². The molecule has 0 aliphatic carbocycles. The minimum Gasteiger partial charge on any atom is -0.431 e. The predicted molar refractivity (Wildman–Crippen MR) is 22.8 cm³/mol. The molecule has 0 saturated heterocycles. The quantitative estimate of drug-likeness (QED) is 0.403. The third kappa shape index (κ3) is 5.56. The molecule has 0 fully saturated rings. The Balaban J connectivity index is 2.82. The molecule has 0 aromatic rings. The van der Waals surface area contributed by atoms with Crippen LogP contribution in [0.3, 0.4) is 0 Å². The van der Waals surface area contributed by atoms with Crippen LogP contribution in [-0.4, -0.2) is 18.6 Å². The lowest BCUT2D eigenvalue weighted by Crippen LogP contribution is -2.00. The van der Waals surface area contributed by atoms with Crippen LogP contribution in [0.1, 0.15) is 0 Å². The number of carbonyl (C=O) groups excluding carboxylic acids is 1. The van der Waals surface area contributed by atoms with Gasteiger partial charge < -0.3 is 4.74 Å². The molecule has 0 bridgehead atoms. The molecule has 0 saturated carbocycles. The Kier molecular flexibility index (Phi) is 3.50. The van der Waals surface area contributed by atoms with E-state index in [-0.39, 0.29) is 12.5 Å². The first-order chi connectivity index (χ1) is 3.27. The lowest BCUT2D eigenvalue weighted by atomic mass is 10.9. The minimum absolute atomic E-state index is 0.00386. The fourth-order valence-electron chi connectivity index (χ4n) is 0.122. The Morgan fingerprint density at radius 3 is 2.43 bits per heavy atom. The monoisotopic (exact) mass is 123 g/mol. The summed E-state index contributed by atoms with van der Waals surface area (Å²) in [7, 11) is 0. The highest BCUT2D eigenvalue weighted by atomic mass is 35.5. The third-order valence-corrected chi connectivity index (χ3v) is 0.451. The molecule has 0 aliphatic heterocycles.